The minimum absolute atomic E-state index is 0.278. The molecular formula is C15H19NO4. The highest BCUT2D eigenvalue weighted by Crippen LogP contribution is 2.06. The Hall–Kier alpha value is -2.14. The van der Waals surface area contributed by atoms with Gasteiger partial charge in [0.2, 0.25) is 0 Å². The van der Waals surface area contributed by atoms with Crippen LogP contribution in [-0.2, 0) is 14.3 Å². The van der Waals surface area contributed by atoms with E-state index in [4.69, 9.17) is 4.74 Å². The molecule has 5 nitrogen and oxygen atoms in total. The summed E-state index contributed by atoms with van der Waals surface area (Å²) >= 11 is 0. The van der Waals surface area contributed by atoms with E-state index in [1.165, 1.54) is 14.2 Å². The van der Waals surface area contributed by atoms with Gasteiger partial charge in [-0.15, -0.1) is 0 Å². The Labute approximate surface area is 118 Å². The van der Waals surface area contributed by atoms with E-state index in [9.17, 15) is 9.59 Å². The maximum absolute atomic E-state index is 12.1. The Morgan fingerprint density at radius 1 is 1.20 bits per heavy atom. The topological polar surface area (TPSA) is 64.6 Å². The third-order valence-electron chi connectivity index (χ3n) is 2.75. The number of rotatable bonds is 6. The van der Waals surface area contributed by atoms with Crippen molar-refractivity contribution in [2.75, 3.05) is 14.2 Å². The summed E-state index contributed by atoms with van der Waals surface area (Å²) < 4.78 is 9.78. The molecule has 2 atom stereocenters. The Balaban J connectivity index is 2.86. The highest BCUT2D eigenvalue weighted by Gasteiger charge is 2.28. The molecule has 1 amide bonds. The van der Waals surface area contributed by atoms with Crippen molar-refractivity contribution in [3.05, 3.63) is 48.0 Å². The van der Waals surface area contributed by atoms with Gasteiger partial charge >= 0.3 is 5.97 Å². The van der Waals surface area contributed by atoms with Crippen LogP contribution in [0.4, 0.5) is 0 Å². The largest absolute Gasteiger partial charge is 0.467 e. The molecule has 5 heteroatoms. The van der Waals surface area contributed by atoms with Gasteiger partial charge in [-0.1, -0.05) is 30.4 Å². The molecule has 0 spiro atoms. The lowest BCUT2D eigenvalue weighted by Crippen LogP contribution is -2.47. The van der Waals surface area contributed by atoms with Crippen molar-refractivity contribution in [3.8, 4) is 0 Å². The normalized spacial score (nSPS) is 13.8. The van der Waals surface area contributed by atoms with E-state index >= 15 is 0 Å². The molecule has 1 rings (SSSR count). The Bertz CT molecular complexity index is 470. The average Bonchev–Trinajstić information content (AvgIpc) is 2.48. The molecule has 108 valence electrons. The van der Waals surface area contributed by atoms with Crippen LogP contribution in [0.15, 0.2) is 42.5 Å². The van der Waals surface area contributed by atoms with Crippen molar-refractivity contribution < 1.29 is 19.1 Å². The number of esters is 1. The number of nitrogens with one attached hydrogen (secondary N) is 1. The van der Waals surface area contributed by atoms with E-state index in [2.05, 4.69) is 10.1 Å². The number of ether oxygens (including phenoxy) is 2. The number of amides is 1. The summed E-state index contributed by atoms with van der Waals surface area (Å²) in [5.74, 6) is -0.816. The average molecular weight is 277 g/mol. The van der Waals surface area contributed by atoms with Gasteiger partial charge in [-0.2, -0.15) is 0 Å². The quantitative estimate of drug-likeness (QED) is 0.633. The molecule has 0 aromatic heterocycles. The SMILES string of the molecule is C/C=C/C(NC(=O)c1ccccc1)C(OC)C(=O)OC. The number of hydrogen-bond acceptors (Lipinski definition) is 4. The zero-order chi connectivity index (χ0) is 15.0. The van der Waals surface area contributed by atoms with Crippen LogP contribution in [0.1, 0.15) is 17.3 Å². The lowest BCUT2D eigenvalue weighted by Gasteiger charge is -2.22. The van der Waals surface area contributed by atoms with E-state index in [0.29, 0.717) is 5.56 Å². The number of methoxy groups -OCH3 is 2. The summed E-state index contributed by atoms with van der Waals surface area (Å²) in [5, 5.41) is 2.75. The molecule has 1 N–H and O–H groups in total. The van der Waals surface area contributed by atoms with Crippen molar-refractivity contribution in [1.29, 1.82) is 0 Å². The van der Waals surface area contributed by atoms with Gasteiger partial charge in [0.1, 0.15) is 0 Å². The highest BCUT2D eigenvalue weighted by atomic mass is 16.6. The van der Waals surface area contributed by atoms with Crippen LogP contribution in [0.3, 0.4) is 0 Å². The predicted octanol–water partition coefficient (Wildman–Crippen LogP) is 1.55. The second-order valence-electron chi connectivity index (χ2n) is 4.07. The third-order valence-corrected chi connectivity index (χ3v) is 2.75. The number of hydrogen-bond donors (Lipinski definition) is 1. The van der Waals surface area contributed by atoms with Crippen LogP contribution in [0.2, 0.25) is 0 Å². The molecule has 20 heavy (non-hydrogen) atoms. The monoisotopic (exact) mass is 277 g/mol. The summed E-state index contributed by atoms with van der Waals surface area (Å²) in [4.78, 5) is 23.8. The molecule has 0 aliphatic rings. The molecule has 0 radical (unpaired) electrons. The maximum atomic E-state index is 12.1. The van der Waals surface area contributed by atoms with Crippen molar-refractivity contribution in [3.63, 3.8) is 0 Å². The molecule has 0 saturated heterocycles. The summed E-state index contributed by atoms with van der Waals surface area (Å²) in [6, 6.07) is 8.17. The van der Waals surface area contributed by atoms with Crippen LogP contribution >= 0.6 is 0 Å². The number of carbonyl (C=O) groups is 2. The maximum Gasteiger partial charge on any atom is 0.337 e. The standard InChI is InChI=1S/C15H19NO4/c1-4-8-12(13(19-2)15(18)20-3)16-14(17)11-9-6-5-7-10-11/h4-10,12-13H,1-3H3,(H,16,17)/b8-4+. The van der Waals surface area contributed by atoms with Gasteiger partial charge in [0.15, 0.2) is 6.10 Å². The van der Waals surface area contributed by atoms with Gasteiger partial charge in [-0.05, 0) is 19.1 Å². The third kappa shape index (κ3) is 4.20. The first-order chi connectivity index (χ1) is 9.63. The first kappa shape index (κ1) is 15.9. The number of carbonyl (C=O) groups excluding carboxylic acids is 2. The van der Waals surface area contributed by atoms with Crippen LogP contribution in [-0.4, -0.2) is 38.2 Å². The van der Waals surface area contributed by atoms with E-state index < -0.39 is 18.1 Å². The number of allylic oxidation sites excluding steroid dienone is 1. The molecule has 0 fully saturated rings. The highest BCUT2D eigenvalue weighted by molar-refractivity contribution is 5.95. The fourth-order valence-electron chi connectivity index (χ4n) is 1.76. The number of benzene rings is 1. The van der Waals surface area contributed by atoms with Crippen molar-refractivity contribution >= 4 is 11.9 Å². The molecule has 0 aliphatic heterocycles. The minimum Gasteiger partial charge on any atom is -0.467 e. The zero-order valence-electron chi connectivity index (χ0n) is 11.8. The zero-order valence-corrected chi connectivity index (χ0v) is 11.8. The fourth-order valence-corrected chi connectivity index (χ4v) is 1.76. The first-order valence-electron chi connectivity index (χ1n) is 6.23. The van der Waals surface area contributed by atoms with Crippen LogP contribution in [0, 0.1) is 0 Å². The van der Waals surface area contributed by atoms with E-state index in [1.54, 1.807) is 43.3 Å². The smallest absolute Gasteiger partial charge is 0.337 e. The van der Waals surface area contributed by atoms with Crippen LogP contribution in [0.5, 0.6) is 0 Å². The van der Waals surface area contributed by atoms with Gasteiger partial charge in [0.25, 0.3) is 5.91 Å². The van der Waals surface area contributed by atoms with Gasteiger partial charge < -0.3 is 14.8 Å². The molecule has 1 aromatic rings. The van der Waals surface area contributed by atoms with Crippen LogP contribution in [0.25, 0.3) is 0 Å². The van der Waals surface area contributed by atoms with E-state index in [-0.39, 0.29) is 5.91 Å². The molecule has 2 unspecified atom stereocenters. The summed E-state index contributed by atoms with van der Waals surface area (Å²) in [5.41, 5.74) is 0.515. The lowest BCUT2D eigenvalue weighted by atomic mass is 10.1. The van der Waals surface area contributed by atoms with Crippen molar-refractivity contribution in [1.82, 2.24) is 5.32 Å². The minimum atomic E-state index is -0.885. The Morgan fingerprint density at radius 2 is 1.85 bits per heavy atom. The van der Waals surface area contributed by atoms with Gasteiger partial charge in [-0.25, -0.2) is 4.79 Å². The first-order valence-corrected chi connectivity index (χ1v) is 6.23. The summed E-state index contributed by atoms with van der Waals surface area (Å²) in [7, 11) is 2.67. The summed E-state index contributed by atoms with van der Waals surface area (Å²) in [6.07, 6.45) is 2.54. The molecule has 1 aromatic carbocycles. The van der Waals surface area contributed by atoms with Gasteiger partial charge in [0.05, 0.1) is 13.2 Å². The van der Waals surface area contributed by atoms with Crippen molar-refractivity contribution in [2.24, 2.45) is 0 Å². The molecular weight excluding hydrogens is 258 g/mol. The lowest BCUT2D eigenvalue weighted by molar-refractivity contribution is -0.153. The van der Waals surface area contributed by atoms with Crippen LogP contribution < -0.4 is 5.32 Å². The second-order valence-corrected chi connectivity index (χ2v) is 4.07. The second kappa shape index (κ2) is 8.12. The molecule has 0 aliphatic carbocycles. The molecule has 0 saturated carbocycles. The van der Waals surface area contributed by atoms with Gasteiger partial charge in [0, 0.05) is 12.7 Å². The predicted molar refractivity (Wildman–Crippen MR) is 75.3 cm³/mol. The van der Waals surface area contributed by atoms with Gasteiger partial charge in [-0.3, -0.25) is 4.79 Å². The van der Waals surface area contributed by atoms with E-state index in [0.717, 1.165) is 0 Å². The Kier molecular flexibility index (Phi) is 6.46. The fraction of sp³-hybridized carbons (Fsp3) is 0.333. The van der Waals surface area contributed by atoms with E-state index in [1.807, 2.05) is 6.07 Å². The molecule has 0 bridgehead atoms. The molecule has 0 heterocycles. The van der Waals surface area contributed by atoms with Crippen molar-refractivity contribution in [2.45, 2.75) is 19.1 Å². The Morgan fingerprint density at radius 3 is 2.35 bits per heavy atom. The summed E-state index contributed by atoms with van der Waals surface area (Å²) in [6.45, 7) is 1.80.